The molecular formula is C14H23NO2. The van der Waals surface area contributed by atoms with E-state index in [1.807, 2.05) is 13.0 Å². The molecule has 0 atom stereocenters. The minimum absolute atomic E-state index is 0.183. The van der Waals surface area contributed by atoms with Crippen LogP contribution in [0.15, 0.2) is 11.1 Å². The first-order chi connectivity index (χ1) is 8.17. The highest BCUT2D eigenvalue weighted by Gasteiger charge is 2.12. The summed E-state index contributed by atoms with van der Waals surface area (Å²) in [5.41, 5.74) is 1.03. The van der Waals surface area contributed by atoms with Gasteiger partial charge in [-0.1, -0.05) is 32.6 Å². The topological polar surface area (TPSA) is 50.1 Å². The first kappa shape index (κ1) is 15.7. The number of nitrogens with zero attached hydrogens (tertiary/aromatic N) is 1. The molecular weight excluding hydrogens is 214 g/mol. The van der Waals surface area contributed by atoms with E-state index in [1.54, 1.807) is 6.92 Å². The van der Waals surface area contributed by atoms with E-state index < -0.39 is 5.97 Å². The van der Waals surface area contributed by atoms with Gasteiger partial charge in [-0.15, -0.1) is 0 Å². The van der Waals surface area contributed by atoms with Crippen molar-refractivity contribution in [2.45, 2.75) is 59.3 Å². The molecule has 0 fully saturated rings. The van der Waals surface area contributed by atoms with Crippen LogP contribution in [0.2, 0.25) is 0 Å². The summed E-state index contributed by atoms with van der Waals surface area (Å²) in [6.07, 6.45) is 6.71. The molecule has 0 aromatic heterocycles. The second-order valence-corrected chi connectivity index (χ2v) is 4.15. The Morgan fingerprint density at radius 1 is 1.18 bits per heavy atom. The van der Waals surface area contributed by atoms with Crippen molar-refractivity contribution in [2.24, 2.45) is 0 Å². The molecule has 17 heavy (non-hydrogen) atoms. The van der Waals surface area contributed by atoms with Gasteiger partial charge >= 0.3 is 5.97 Å². The van der Waals surface area contributed by atoms with Crippen molar-refractivity contribution in [3.8, 4) is 6.07 Å². The molecule has 0 heterocycles. The number of ether oxygens (including phenoxy) is 1. The lowest BCUT2D eigenvalue weighted by Gasteiger charge is -2.05. The minimum atomic E-state index is -0.485. The molecule has 0 aliphatic carbocycles. The number of carbonyl (C=O) groups excluding carboxylic acids is 1. The Morgan fingerprint density at radius 3 is 2.35 bits per heavy atom. The molecule has 0 aromatic rings. The highest BCUT2D eigenvalue weighted by atomic mass is 16.5. The van der Waals surface area contributed by atoms with Gasteiger partial charge in [-0.3, -0.25) is 0 Å². The number of carbonyl (C=O) groups is 1. The van der Waals surface area contributed by atoms with Gasteiger partial charge in [-0.25, -0.2) is 4.79 Å². The van der Waals surface area contributed by atoms with E-state index in [2.05, 4.69) is 6.92 Å². The van der Waals surface area contributed by atoms with Gasteiger partial charge in [-0.05, 0) is 32.3 Å². The van der Waals surface area contributed by atoms with Crippen LogP contribution in [0.25, 0.3) is 0 Å². The predicted molar refractivity (Wildman–Crippen MR) is 68.3 cm³/mol. The average molecular weight is 237 g/mol. The molecule has 0 radical (unpaired) electrons. The maximum atomic E-state index is 11.4. The third-order valence-corrected chi connectivity index (χ3v) is 2.67. The molecule has 0 bridgehead atoms. The van der Waals surface area contributed by atoms with Crippen LogP contribution >= 0.6 is 0 Å². The molecule has 0 N–H and O–H groups in total. The Labute approximate surface area is 104 Å². The fraction of sp³-hybridized carbons (Fsp3) is 0.714. The summed E-state index contributed by atoms with van der Waals surface area (Å²) in [4.78, 5) is 11.4. The fourth-order valence-corrected chi connectivity index (χ4v) is 1.64. The van der Waals surface area contributed by atoms with Crippen molar-refractivity contribution in [3.05, 3.63) is 11.1 Å². The SMILES string of the molecule is CCCCCCC/C(C)=C(/C#N)C(=O)OCC. The summed E-state index contributed by atoms with van der Waals surface area (Å²) < 4.78 is 4.84. The lowest BCUT2D eigenvalue weighted by atomic mass is 10.0. The van der Waals surface area contributed by atoms with Crippen molar-refractivity contribution in [1.82, 2.24) is 0 Å². The second kappa shape index (κ2) is 9.89. The summed E-state index contributed by atoms with van der Waals surface area (Å²) in [5, 5.41) is 8.93. The summed E-state index contributed by atoms with van der Waals surface area (Å²) in [5.74, 6) is -0.485. The van der Waals surface area contributed by atoms with Crippen molar-refractivity contribution in [3.63, 3.8) is 0 Å². The van der Waals surface area contributed by atoms with E-state index in [0.717, 1.165) is 24.8 Å². The molecule has 0 saturated carbocycles. The maximum Gasteiger partial charge on any atom is 0.348 e. The Balaban J connectivity index is 4.16. The Bertz CT molecular complexity index is 300. The number of hydrogen-bond donors (Lipinski definition) is 0. The van der Waals surface area contributed by atoms with Crippen molar-refractivity contribution in [1.29, 1.82) is 5.26 Å². The summed E-state index contributed by atoms with van der Waals surface area (Å²) in [6, 6.07) is 1.94. The second-order valence-electron chi connectivity index (χ2n) is 4.15. The molecule has 0 aromatic carbocycles. The van der Waals surface area contributed by atoms with E-state index in [-0.39, 0.29) is 5.57 Å². The lowest BCUT2D eigenvalue weighted by Crippen LogP contribution is -2.08. The van der Waals surface area contributed by atoms with Gasteiger partial charge in [-0.2, -0.15) is 5.26 Å². The van der Waals surface area contributed by atoms with Crippen LogP contribution in [0.1, 0.15) is 59.3 Å². The van der Waals surface area contributed by atoms with Crippen molar-refractivity contribution >= 4 is 5.97 Å². The van der Waals surface area contributed by atoms with E-state index in [1.165, 1.54) is 19.3 Å². The van der Waals surface area contributed by atoms with E-state index in [4.69, 9.17) is 10.00 Å². The number of hydrogen-bond acceptors (Lipinski definition) is 3. The Kier molecular flexibility index (Phi) is 9.14. The summed E-state index contributed by atoms with van der Waals surface area (Å²) in [6.45, 7) is 6.08. The van der Waals surface area contributed by atoms with Gasteiger partial charge in [0.15, 0.2) is 0 Å². The largest absolute Gasteiger partial charge is 0.462 e. The van der Waals surface area contributed by atoms with Gasteiger partial charge < -0.3 is 4.74 Å². The smallest absolute Gasteiger partial charge is 0.348 e. The Morgan fingerprint density at radius 2 is 1.82 bits per heavy atom. The predicted octanol–water partition coefficient (Wildman–Crippen LogP) is 3.75. The number of allylic oxidation sites excluding steroid dienone is 1. The van der Waals surface area contributed by atoms with E-state index >= 15 is 0 Å². The number of unbranched alkanes of at least 4 members (excludes halogenated alkanes) is 4. The van der Waals surface area contributed by atoms with Gasteiger partial charge in [0.2, 0.25) is 0 Å². The van der Waals surface area contributed by atoms with Crippen LogP contribution in [0.3, 0.4) is 0 Å². The number of nitriles is 1. The van der Waals surface area contributed by atoms with Gasteiger partial charge in [0.1, 0.15) is 11.6 Å². The molecule has 3 heteroatoms. The van der Waals surface area contributed by atoms with Gasteiger partial charge in [0, 0.05) is 0 Å². The highest BCUT2D eigenvalue weighted by Crippen LogP contribution is 2.15. The normalized spacial score (nSPS) is 11.6. The zero-order valence-electron chi connectivity index (χ0n) is 11.2. The number of esters is 1. The maximum absolute atomic E-state index is 11.4. The highest BCUT2D eigenvalue weighted by molar-refractivity contribution is 5.93. The first-order valence-corrected chi connectivity index (χ1v) is 6.44. The van der Waals surface area contributed by atoms with Crippen LogP contribution in [-0.4, -0.2) is 12.6 Å². The van der Waals surface area contributed by atoms with Crippen LogP contribution in [0.5, 0.6) is 0 Å². The zero-order chi connectivity index (χ0) is 13.1. The zero-order valence-corrected chi connectivity index (χ0v) is 11.2. The summed E-state index contributed by atoms with van der Waals surface area (Å²) >= 11 is 0. The van der Waals surface area contributed by atoms with Gasteiger partial charge in [0.25, 0.3) is 0 Å². The van der Waals surface area contributed by atoms with Crippen LogP contribution in [0.4, 0.5) is 0 Å². The Hall–Kier alpha value is -1.30. The molecule has 0 spiro atoms. The monoisotopic (exact) mass is 237 g/mol. The molecule has 0 aliphatic rings. The minimum Gasteiger partial charge on any atom is -0.462 e. The summed E-state index contributed by atoms with van der Waals surface area (Å²) in [7, 11) is 0. The molecule has 96 valence electrons. The quantitative estimate of drug-likeness (QED) is 0.279. The fourth-order valence-electron chi connectivity index (χ4n) is 1.64. The third kappa shape index (κ3) is 6.78. The van der Waals surface area contributed by atoms with Crippen molar-refractivity contribution in [2.75, 3.05) is 6.61 Å². The molecule has 0 saturated heterocycles. The molecule has 0 unspecified atom stereocenters. The molecule has 0 rings (SSSR count). The lowest BCUT2D eigenvalue weighted by molar-refractivity contribution is -0.138. The third-order valence-electron chi connectivity index (χ3n) is 2.67. The van der Waals surface area contributed by atoms with E-state index in [0.29, 0.717) is 6.61 Å². The average Bonchev–Trinajstić information content (AvgIpc) is 2.30. The molecule has 0 aliphatic heterocycles. The number of rotatable bonds is 8. The standard InChI is InChI=1S/C14H23NO2/c1-4-6-7-8-9-10-12(3)13(11-15)14(16)17-5-2/h4-10H2,1-3H3/b13-12-. The van der Waals surface area contributed by atoms with Crippen LogP contribution in [-0.2, 0) is 9.53 Å². The van der Waals surface area contributed by atoms with Crippen LogP contribution < -0.4 is 0 Å². The molecule has 0 amide bonds. The van der Waals surface area contributed by atoms with Crippen molar-refractivity contribution < 1.29 is 9.53 Å². The van der Waals surface area contributed by atoms with Gasteiger partial charge in [0.05, 0.1) is 6.61 Å². The molecule has 3 nitrogen and oxygen atoms in total. The van der Waals surface area contributed by atoms with Crippen LogP contribution in [0, 0.1) is 11.3 Å². The van der Waals surface area contributed by atoms with E-state index in [9.17, 15) is 4.79 Å². The first-order valence-electron chi connectivity index (χ1n) is 6.44.